The summed E-state index contributed by atoms with van der Waals surface area (Å²) in [6.07, 6.45) is -3.90. The second-order valence-corrected chi connectivity index (χ2v) is 2.36. The molecule has 1 N–H and O–H groups in total. The van der Waals surface area contributed by atoms with Crippen molar-refractivity contribution in [2.75, 3.05) is 7.11 Å². The number of hydrogen-bond acceptors (Lipinski definition) is 4. The van der Waals surface area contributed by atoms with E-state index in [2.05, 4.69) is 14.9 Å². The van der Waals surface area contributed by atoms with E-state index in [1.165, 1.54) is 7.11 Å². The second kappa shape index (κ2) is 3.60. The quantitative estimate of drug-likeness (QED) is 0.557. The molecule has 4 nitrogen and oxygen atoms in total. The first-order chi connectivity index (χ1) is 6.45. The molecule has 0 saturated carbocycles. The third kappa shape index (κ3) is 2.18. The molecule has 7 heteroatoms. The predicted octanol–water partition coefficient (Wildman–Crippen LogP) is 1.47. The molecule has 0 aliphatic rings. The van der Waals surface area contributed by atoms with Gasteiger partial charge in [-0.1, -0.05) is 0 Å². The van der Waals surface area contributed by atoms with Crippen LogP contribution in [0.4, 0.5) is 13.2 Å². The zero-order chi connectivity index (χ0) is 10.8. The number of hydrogen-bond donors (Lipinski definition) is 1. The smallest absolute Gasteiger partial charge is 0.418 e. The maximum Gasteiger partial charge on any atom is 0.418 e. The number of methoxy groups -OCH3 is 1. The summed E-state index contributed by atoms with van der Waals surface area (Å²) >= 11 is 0. The van der Waals surface area contributed by atoms with E-state index in [-0.39, 0.29) is 5.69 Å². The second-order valence-electron chi connectivity index (χ2n) is 2.36. The molecule has 0 spiro atoms. The molecular weight excluding hydrogens is 199 g/mol. The van der Waals surface area contributed by atoms with Crippen molar-refractivity contribution in [3.05, 3.63) is 23.5 Å². The summed E-state index contributed by atoms with van der Waals surface area (Å²) in [7, 11) is 1.17. The van der Waals surface area contributed by atoms with Crippen molar-refractivity contribution in [1.29, 1.82) is 5.41 Å². The maximum atomic E-state index is 12.2. The molecule has 1 heterocycles. The van der Waals surface area contributed by atoms with E-state index in [1.807, 2.05) is 0 Å². The van der Waals surface area contributed by atoms with Gasteiger partial charge in [0.15, 0.2) is 0 Å². The Kier molecular flexibility index (Phi) is 2.68. The highest BCUT2D eigenvalue weighted by Crippen LogP contribution is 2.28. The fourth-order valence-corrected chi connectivity index (χ4v) is 0.737. The van der Waals surface area contributed by atoms with Gasteiger partial charge in [-0.25, -0.2) is 0 Å². The van der Waals surface area contributed by atoms with Gasteiger partial charge in [0.25, 0.3) is 0 Å². The van der Waals surface area contributed by atoms with Crippen LogP contribution in [0.5, 0.6) is 0 Å². The van der Waals surface area contributed by atoms with E-state index in [0.29, 0.717) is 12.3 Å². The van der Waals surface area contributed by atoms with Crippen LogP contribution in [0.1, 0.15) is 11.3 Å². The Labute approximate surface area is 77.2 Å². The highest BCUT2D eigenvalue weighted by atomic mass is 19.4. The van der Waals surface area contributed by atoms with Crippen LogP contribution in [0.2, 0.25) is 0 Å². The Morgan fingerprint density at radius 1 is 1.50 bits per heavy atom. The standard InChI is InChI=1S/C7H6F3N3O/c1-14-6(11)5-2-4(3-12-13-5)7(8,9)10/h2-3,11H,1H3. The van der Waals surface area contributed by atoms with Gasteiger partial charge in [-0.15, -0.1) is 5.10 Å². The number of ether oxygens (including phenoxy) is 1. The van der Waals surface area contributed by atoms with Gasteiger partial charge in [0, 0.05) is 0 Å². The van der Waals surface area contributed by atoms with Crippen molar-refractivity contribution in [3.8, 4) is 0 Å². The van der Waals surface area contributed by atoms with Gasteiger partial charge >= 0.3 is 6.18 Å². The molecule has 0 atom stereocenters. The van der Waals surface area contributed by atoms with Crippen LogP contribution in [0.15, 0.2) is 12.3 Å². The van der Waals surface area contributed by atoms with Gasteiger partial charge in [0.05, 0.1) is 18.9 Å². The molecule has 0 radical (unpaired) electrons. The molecule has 0 bridgehead atoms. The summed E-state index contributed by atoms with van der Waals surface area (Å²) in [5, 5.41) is 13.5. The Bertz CT molecular complexity index is 350. The van der Waals surface area contributed by atoms with E-state index in [1.54, 1.807) is 0 Å². The molecule has 0 aromatic carbocycles. The number of nitrogens with one attached hydrogen (secondary N) is 1. The van der Waals surface area contributed by atoms with Gasteiger partial charge in [-0.05, 0) is 6.07 Å². The van der Waals surface area contributed by atoms with Gasteiger partial charge in [0.1, 0.15) is 5.69 Å². The molecular formula is C7H6F3N3O. The molecule has 0 unspecified atom stereocenters. The van der Waals surface area contributed by atoms with Crippen molar-refractivity contribution in [2.24, 2.45) is 0 Å². The summed E-state index contributed by atoms with van der Waals surface area (Å²) < 4.78 is 40.9. The number of aromatic nitrogens is 2. The minimum absolute atomic E-state index is 0.248. The largest absolute Gasteiger partial charge is 0.480 e. The van der Waals surface area contributed by atoms with E-state index < -0.39 is 17.6 Å². The lowest BCUT2D eigenvalue weighted by Crippen LogP contribution is -2.11. The van der Waals surface area contributed by atoms with Gasteiger partial charge < -0.3 is 4.74 Å². The predicted molar refractivity (Wildman–Crippen MR) is 40.9 cm³/mol. The zero-order valence-electron chi connectivity index (χ0n) is 7.09. The van der Waals surface area contributed by atoms with Gasteiger partial charge in [-0.2, -0.15) is 18.3 Å². The number of alkyl halides is 3. The third-order valence-corrected chi connectivity index (χ3v) is 1.42. The summed E-state index contributed by atoms with van der Waals surface area (Å²) in [6.45, 7) is 0. The van der Waals surface area contributed by atoms with E-state index >= 15 is 0 Å². The van der Waals surface area contributed by atoms with Crippen LogP contribution in [0.3, 0.4) is 0 Å². The monoisotopic (exact) mass is 205 g/mol. The van der Waals surface area contributed by atoms with Gasteiger partial charge in [-0.3, -0.25) is 5.41 Å². The van der Waals surface area contributed by atoms with Crippen molar-refractivity contribution >= 4 is 5.90 Å². The van der Waals surface area contributed by atoms with Crippen LogP contribution < -0.4 is 0 Å². The molecule has 0 aliphatic carbocycles. The number of rotatable bonds is 1. The van der Waals surface area contributed by atoms with Gasteiger partial charge in [0.2, 0.25) is 5.90 Å². The molecule has 1 aromatic rings. The molecule has 0 fully saturated rings. The minimum Gasteiger partial charge on any atom is -0.480 e. The lowest BCUT2D eigenvalue weighted by atomic mass is 10.2. The Balaban J connectivity index is 3.08. The highest BCUT2D eigenvalue weighted by Gasteiger charge is 2.31. The average Bonchev–Trinajstić information content (AvgIpc) is 2.15. The molecule has 76 valence electrons. The first-order valence-electron chi connectivity index (χ1n) is 3.48. The van der Waals surface area contributed by atoms with Crippen LogP contribution in [0.25, 0.3) is 0 Å². The van der Waals surface area contributed by atoms with Crippen LogP contribution in [-0.4, -0.2) is 23.2 Å². The lowest BCUT2D eigenvalue weighted by molar-refractivity contribution is -0.137. The molecule has 0 saturated heterocycles. The fourth-order valence-electron chi connectivity index (χ4n) is 0.737. The van der Waals surface area contributed by atoms with Crippen molar-refractivity contribution in [2.45, 2.75) is 6.18 Å². The van der Waals surface area contributed by atoms with E-state index in [4.69, 9.17) is 5.41 Å². The zero-order valence-corrected chi connectivity index (χ0v) is 7.09. The number of halogens is 3. The summed E-state index contributed by atoms with van der Waals surface area (Å²) in [5.41, 5.74) is -1.20. The molecule has 1 aromatic heterocycles. The Morgan fingerprint density at radius 3 is 2.64 bits per heavy atom. The Morgan fingerprint density at radius 2 is 2.14 bits per heavy atom. The summed E-state index contributed by atoms with van der Waals surface area (Å²) in [5.74, 6) is -0.455. The van der Waals surface area contributed by atoms with Crippen molar-refractivity contribution in [1.82, 2.24) is 10.2 Å². The minimum atomic E-state index is -4.49. The van der Waals surface area contributed by atoms with Crippen LogP contribution in [0, 0.1) is 5.41 Å². The summed E-state index contributed by atoms with van der Waals surface area (Å²) in [4.78, 5) is 0. The molecule has 14 heavy (non-hydrogen) atoms. The first-order valence-corrected chi connectivity index (χ1v) is 3.48. The third-order valence-electron chi connectivity index (χ3n) is 1.42. The van der Waals surface area contributed by atoms with Crippen molar-refractivity contribution in [3.63, 3.8) is 0 Å². The van der Waals surface area contributed by atoms with E-state index in [0.717, 1.165) is 0 Å². The van der Waals surface area contributed by atoms with Crippen LogP contribution >= 0.6 is 0 Å². The SMILES string of the molecule is COC(=N)c1cc(C(F)(F)F)cnn1. The lowest BCUT2D eigenvalue weighted by Gasteiger charge is -2.06. The Hall–Kier alpha value is -1.66. The molecule has 1 rings (SSSR count). The normalized spacial score (nSPS) is 11.1. The molecule has 0 aliphatic heterocycles. The first kappa shape index (κ1) is 10.4. The average molecular weight is 205 g/mol. The highest BCUT2D eigenvalue weighted by molar-refractivity contribution is 5.89. The molecule has 0 amide bonds. The van der Waals surface area contributed by atoms with Crippen LogP contribution in [-0.2, 0) is 10.9 Å². The number of nitrogens with zero attached hydrogens (tertiary/aromatic N) is 2. The fraction of sp³-hybridized carbons (Fsp3) is 0.286. The topological polar surface area (TPSA) is 58.9 Å². The van der Waals surface area contributed by atoms with E-state index in [9.17, 15) is 13.2 Å². The maximum absolute atomic E-state index is 12.2. The summed E-state index contributed by atoms with van der Waals surface area (Å²) in [6, 6.07) is 0.707. The van der Waals surface area contributed by atoms with Crippen molar-refractivity contribution < 1.29 is 17.9 Å².